The number of para-hydroxylation sites is 1. The molecule has 3 atom stereocenters. The van der Waals surface area contributed by atoms with Crippen molar-refractivity contribution in [1.82, 2.24) is 15.6 Å². The van der Waals surface area contributed by atoms with E-state index >= 15 is 0 Å². The maximum Gasteiger partial charge on any atom is 0.413 e. The maximum absolute atomic E-state index is 13.8. The number of carbonyl (C=O) groups is 4. The molecule has 0 bridgehead atoms. The van der Waals surface area contributed by atoms with Crippen molar-refractivity contribution in [1.29, 1.82) is 0 Å². The van der Waals surface area contributed by atoms with Crippen molar-refractivity contribution in [2.45, 2.75) is 45.5 Å². The van der Waals surface area contributed by atoms with Crippen LogP contribution in [0.25, 0.3) is 0 Å². The molecular formula is C30H33N5O5. The summed E-state index contributed by atoms with van der Waals surface area (Å²) in [5.74, 6) is -0.909. The molecule has 3 amide bonds. The lowest BCUT2D eigenvalue weighted by Crippen LogP contribution is -2.56. The molecule has 4 rings (SSSR count). The van der Waals surface area contributed by atoms with E-state index in [9.17, 15) is 19.2 Å². The third-order valence-corrected chi connectivity index (χ3v) is 6.76. The Kier molecular flexibility index (Phi) is 8.90. The molecule has 0 saturated carbocycles. The number of ketones is 1. The molecule has 208 valence electrons. The maximum atomic E-state index is 13.8. The minimum Gasteiger partial charge on any atom is -0.424 e. The van der Waals surface area contributed by atoms with Gasteiger partial charge in [0.2, 0.25) is 5.91 Å². The first-order valence-electron chi connectivity index (χ1n) is 13.1. The van der Waals surface area contributed by atoms with Crippen molar-refractivity contribution in [2.24, 2.45) is 5.92 Å². The van der Waals surface area contributed by atoms with Gasteiger partial charge in [-0.2, -0.15) is 0 Å². The summed E-state index contributed by atoms with van der Waals surface area (Å²) in [5.41, 5.74) is 1.79. The standard InChI is InChI=1S/C30H33N5O5/c1-18(2)25(34-28(37)19(3)31-4)29(38)35-24(17-21-13-10-16-32-27(21)35)40-30(39)33-23-15-9-8-14-22(23)26(36)20-11-6-5-7-12-20/h5-16,18-19,24-25,31H,17H2,1-4H3,(H,33,39)(H,34,37)/t19-,24-,25-/m0/s1. The van der Waals surface area contributed by atoms with E-state index in [0.29, 0.717) is 16.9 Å². The lowest BCUT2D eigenvalue weighted by molar-refractivity contribution is -0.130. The predicted molar refractivity (Wildman–Crippen MR) is 151 cm³/mol. The fraction of sp³-hybridized carbons (Fsp3) is 0.300. The van der Waals surface area contributed by atoms with Crippen molar-refractivity contribution in [2.75, 3.05) is 17.3 Å². The van der Waals surface area contributed by atoms with Crippen LogP contribution in [0.4, 0.5) is 16.3 Å². The number of fused-ring (bicyclic) bond motifs is 1. The number of nitrogens with zero attached hydrogens (tertiary/aromatic N) is 2. The average Bonchev–Trinajstić information content (AvgIpc) is 3.32. The van der Waals surface area contributed by atoms with Gasteiger partial charge in [0.25, 0.3) is 5.91 Å². The van der Waals surface area contributed by atoms with E-state index in [1.54, 1.807) is 74.8 Å². The van der Waals surface area contributed by atoms with E-state index in [0.717, 1.165) is 5.56 Å². The van der Waals surface area contributed by atoms with Gasteiger partial charge >= 0.3 is 6.09 Å². The first-order chi connectivity index (χ1) is 19.2. The Bertz CT molecular complexity index is 1390. The molecule has 40 heavy (non-hydrogen) atoms. The molecule has 1 aromatic heterocycles. The number of carbonyl (C=O) groups excluding carboxylic acids is 4. The van der Waals surface area contributed by atoms with Crippen molar-refractivity contribution < 1.29 is 23.9 Å². The number of anilines is 2. The zero-order valence-corrected chi connectivity index (χ0v) is 22.9. The second-order valence-electron chi connectivity index (χ2n) is 9.86. The highest BCUT2D eigenvalue weighted by atomic mass is 16.6. The van der Waals surface area contributed by atoms with Gasteiger partial charge in [-0.3, -0.25) is 24.6 Å². The normalized spacial score (nSPS) is 15.6. The van der Waals surface area contributed by atoms with Crippen LogP contribution in [0.3, 0.4) is 0 Å². The summed E-state index contributed by atoms with van der Waals surface area (Å²) < 4.78 is 5.75. The summed E-state index contributed by atoms with van der Waals surface area (Å²) in [4.78, 5) is 58.4. The molecular weight excluding hydrogens is 510 g/mol. The van der Waals surface area contributed by atoms with Crippen LogP contribution in [0.5, 0.6) is 0 Å². The molecule has 0 unspecified atom stereocenters. The highest BCUT2D eigenvalue weighted by molar-refractivity contribution is 6.13. The van der Waals surface area contributed by atoms with Gasteiger partial charge in [-0.1, -0.05) is 62.4 Å². The summed E-state index contributed by atoms with van der Waals surface area (Å²) in [6, 6.07) is 17.6. The Balaban J connectivity index is 1.56. The number of ether oxygens (including phenoxy) is 1. The molecule has 10 nitrogen and oxygen atoms in total. The van der Waals surface area contributed by atoms with Gasteiger partial charge in [-0.25, -0.2) is 9.78 Å². The van der Waals surface area contributed by atoms with Gasteiger partial charge in [-0.15, -0.1) is 0 Å². The molecule has 0 radical (unpaired) electrons. The minimum absolute atomic E-state index is 0.221. The van der Waals surface area contributed by atoms with Crippen LogP contribution in [0.1, 0.15) is 42.3 Å². The van der Waals surface area contributed by atoms with Crippen molar-refractivity contribution in [3.05, 3.63) is 89.6 Å². The van der Waals surface area contributed by atoms with Crippen LogP contribution in [0, 0.1) is 5.92 Å². The largest absolute Gasteiger partial charge is 0.424 e. The van der Waals surface area contributed by atoms with Gasteiger partial charge in [0, 0.05) is 29.3 Å². The number of amides is 3. The number of aromatic nitrogens is 1. The van der Waals surface area contributed by atoms with E-state index in [1.807, 2.05) is 26.0 Å². The van der Waals surface area contributed by atoms with E-state index in [-0.39, 0.29) is 29.7 Å². The summed E-state index contributed by atoms with van der Waals surface area (Å²) in [5, 5.41) is 8.34. The molecule has 1 aliphatic rings. The Morgan fingerprint density at radius 3 is 2.35 bits per heavy atom. The predicted octanol–water partition coefficient (Wildman–Crippen LogP) is 3.53. The van der Waals surface area contributed by atoms with E-state index < -0.39 is 30.3 Å². The fourth-order valence-corrected chi connectivity index (χ4v) is 4.43. The van der Waals surface area contributed by atoms with E-state index in [1.165, 1.54) is 4.90 Å². The van der Waals surface area contributed by atoms with Crippen LogP contribution in [0.2, 0.25) is 0 Å². The number of hydrogen-bond donors (Lipinski definition) is 3. The monoisotopic (exact) mass is 543 g/mol. The lowest BCUT2D eigenvalue weighted by atomic mass is 10.0. The van der Waals surface area contributed by atoms with E-state index in [2.05, 4.69) is 20.9 Å². The third-order valence-electron chi connectivity index (χ3n) is 6.76. The SMILES string of the molecule is CN[C@@H](C)C(=O)N[C@H](C(=O)N1c2ncccc2C[C@@H]1OC(=O)Nc1ccccc1C(=O)c1ccccc1)C(C)C. The minimum atomic E-state index is -1.01. The van der Waals surface area contributed by atoms with Gasteiger partial charge in [0.15, 0.2) is 12.0 Å². The highest BCUT2D eigenvalue weighted by Gasteiger charge is 2.42. The summed E-state index contributed by atoms with van der Waals surface area (Å²) in [6.45, 7) is 5.34. The first kappa shape index (κ1) is 28.4. The van der Waals surface area contributed by atoms with Crippen LogP contribution in [-0.4, -0.2) is 54.0 Å². The second-order valence-corrected chi connectivity index (χ2v) is 9.86. The molecule has 0 fully saturated rings. The Morgan fingerprint density at radius 1 is 0.950 bits per heavy atom. The van der Waals surface area contributed by atoms with Gasteiger partial charge in [-0.05, 0) is 38.1 Å². The fourth-order valence-electron chi connectivity index (χ4n) is 4.43. The molecule has 2 aromatic carbocycles. The van der Waals surface area contributed by atoms with Gasteiger partial charge in [0.05, 0.1) is 11.7 Å². The zero-order chi connectivity index (χ0) is 28.8. The number of pyridine rings is 1. The highest BCUT2D eigenvalue weighted by Crippen LogP contribution is 2.32. The number of nitrogens with one attached hydrogen (secondary N) is 3. The van der Waals surface area contributed by atoms with Crippen LogP contribution >= 0.6 is 0 Å². The third kappa shape index (κ3) is 6.18. The van der Waals surface area contributed by atoms with Crippen LogP contribution < -0.4 is 20.9 Å². The molecule has 0 saturated heterocycles. The number of likely N-dealkylation sites (N-methyl/N-ethyl adjacent to an activating group) is 1. The van der Waals surface area contributed by atoms with Crippen molar-refractivity contribution in [3.63, 3.8) is 0 Å². The van der Waals surface area contributed by atoms with Crippen molar-refractivity contribution >= 4 is 35.2 Å². The number of rotatable bonds is 9. The zero-order valence-electron chi connectivity index (χ0n) is 22.9. The molecule has 0 spiro atoms. The van der Waals surface area contributed by atoms with Crippen LogP contribution in [0.15, 0.2) is 72.9 Å². The van der Waals surface area contributed by atoms with Gasteiger partial charge in [0.1, 0.15) is 11.9 Å². The topological polar surface area (TPSA) is 130 Å². The summed E-state index contributed by atoms with van der Waals surface area (Å²) >= 11 is 0. The Morgan fingerprint density at radius 2 is 1.65 bits per heavy atom. The lowest BCUT2D eigenvalue weighted by Gasteiger charge is -2.31. The Labute approximate surface area is 233 Å². The Hall–Kier alpha value is -4.57. The summed E-state index contributed by atoms with van der Waals surface area (Å²) in [7, 11) is 1.66. The molecule has 1 aliphatic heterocycles. The quantitative estimate of drug-likeness (QED) is 0.352. The van der Waals surface area contributed by atoms with Gasteiger partial charge < -0.3 is 15.4 Å². The molecule has 0 aliphatic carbocycles. The average molecular weight is 544 g/mol. The van der Waals surface area contributed by atoms with Crippen molar-refractivity contribution in [3.8, 4) is 0 Å². The van der Waals surface area contributed by atoms with E-state index in [4.69, 9.17) is 4.74 Å². The molecule has 2 heterocycles. The number of benzene rings is 2. The number of hydrogen-bond acceptors (Lipinski definition) is 7. The molecule has 3 N–H and O–H groups in total. The first-order valence-corrected chi connectivity index (χ1v) is 13.1. The summed E-state index contributed by atoms with van der Waals surface area (Å²) in [6.07, 6.45) is -0.0652. The smallest absolute Gasteiger partial charge is 0.413 e. The van der Waals surface area contributed by atoms with Crippen LogP contribution in [-0.2, 0) is 20.7 Å². The molecule has 3 aromatic rings. The second kappa shape index (κ2) is 12.5. The molecule has 10 heteroatoms.